The molecule has 1 atom stereocenters. The van der Waals surface area contributed by atoms with Crippen LogP contribution in [0.2, 0.25) is 0 Å². The molecule has 1 aromatic heterocycles. The second-order valence-corrected chi connectivity index (χ2v) is 5.49. The average Bonchev–Trinajstić information content (AvgIpc) is 2.79. The second-order valence-electron chi connectivity index (χ2n) is 5.49. The highest BCUT2D eigenvalue weighted by Crippen LogP contribution is 2.16. The summed E-state index contributed by atoms with van der Waals surface area (Å²) in [4.78, 5) is 4.29. The molecule has 1 aromatic rings. The van der Waals surface area contributed by atoms with Crippen LogP contribution in [0.3, 0.4) is 0 Å². The number of hydrogen-bond acceptors (Lipinski definition) is 2. The Labute approximate surface area is 112 Å². The number of unbranched alkanes of at least 4 members (excludes halogenated alkanes) is 1. The standard InChI is InChI=1S/C15H29N3/c1-5-7-8-14(6-2)11-18-12-16-9-15(18)10-17-13(3)4/h9,12-14,17H,5-8,10-11H2,1-4H3. The maximum Gasteiger partial charge on any atom is 0.0948 e. The van der Waals surface area contributed by atoms with E-state index in [1.807, 2.05) is 12.5 Å². The Hall–Kier alpha value is -0.830. The van der Waals surface area contributed by atoms with Crippen molar-refractivity contribution in [2.24, 2.45) is 5.92 Å². The van der Waals surface area contributed by atoms with Crippen LogP contribution in [0.1, 0.15) is 59.1 Å². The predicted molar refractivity (Wildman–Crippen MR) is 77.5 cm³/mol. The van der Waals surface area contributed by atoms with Gasteiger partial charge >= 0.3 is 0 Å². The van der Waals surface area contributed by atoms with Gasteiger partial charge in [0.05, 0.1) is 12.0 Å². The van der Waals surface area contributed by atoms with Gasteiger partial charge in [0.1, 0.15) is 0 Å². The van der Waals surface area contributed by atoms with E-state index in [1.54, 1.807) is 0 Å². The molecule has 0 radical (unpaired) electrons. The maximum absolute atomic E-state index is 4.29. The summed E-state index contributed by atoms with van der Waals surface area (Å²) >= 11 is 0. The zero-order valence-electron chi connectivity index (χ0n) is 12.4. The Morgan fingerprint density at radius 2 is 2.11 bits per heavy atom. The van der Waals surface area contributed by atoms with Gasteiger partial charge in [-0.15, -0.1) is 0 Å². The van der Waals surface area contributed by atoms with Gasteiger partial charge in [0.25, 0.3) is 0 Å². The van der Waals surface area contributed by atoms with Gasteiger partial charge in [0.15, 0.2) is 0 Å². The highest BCUT2D eigenvalue weighted by atomic mass is 15.1. The lowest BCUT2D eigenvalue weighted by Crippen LogP contribution is -2.24. The molecule has 3 heteroatoms. The van der Waals surface area contributed by atoms with Crippen molar-refractivity contribution in [2.45, 2.75) is 72.5 Å². The van der Waals surface area contributed by atoms with Crippen molar-refractivity contribution in [3.8, 4) is 0 Å². The SMILES string of the molecule is CCCCC(CC)Cn1cncc1CNC(C)C. The molecule has 0 fully saturated rings. The van der Waals surface area contributed by atoms with E-state index >= 15 is 0 Å². The number of hydrogen-bond donors (Lipinski definition) is 1. The van der Waals surface area contributed by atoms with E-state index in [-0.39, 0.29) is 0 Å². The largest absolute Gasteiger partial charge is 0.333 e. The number of aromatic nitrogens is 2. The quantitative estimate of drug-likeness (QED) is 0.727. The predicted octanol–water partition coefficient (Wildman–Crippen LogP) is 3.60. The van der Waals surface area contributed by atoms with E-state index in [1.165, 1.54) is 31.4 Å². The molecular weight excluding hydrogens is 222 g/mol. The third-order valence-electron chi connectivity index (χ3n) is 3.49. The monoisotopic (exact) mass is 251 g/mol. The number of rotatable bonds is 9. The smallest absolute Gasteiger partial charge is 0.0948 e. The minimum atomic E-state index is 0.524. The Morgan fingerprint density at radius 1 is 1.33 bits per heavy atom. The van der Waals surface area contributed by atoms with E-state index in [0.717, 1.165) is 19.0 Å². The highest BCUT2D eigenvalue weighted by molar-refractivity contribution is 4.98. The topological polar surface area (TPSA) is 29.9 Å². The van der Waals surface area contributed by atoms with Crippen molar-refractivity contribution < 1.29 is 0 Å². The van der Waals surface area contributed by atoms with Gasteiger partial charge in [-0.05, 0) is 12.3 Å². The van der Waals surface area contributed by atoms with Gasteiger partial charge in [-0.1, -0.05) is 47.0 Å². The molecule has 1 rings (SSSR count). The van der Waals surface area contributed by atoms with Crippen molar-refractivity contribution in [3.05, 3.63) is 18.2 Å². The van der Waals surface area contributed by atoms with Crippen LogP contribution in [0, 0.1) is 5.92 Å². The zero-order valence-corrected chi connectivity index (χ0v) is 12.4. The molecule has 0 spiro atoms. The Balaban J connectivity index is 2.51. The summed E-state index contributed by atoms with van der Waals surface area (Å²) in [6.07, 6.45) is 9.19. The Kier molecular flexibility index (Phi) is 7.02. The van der Waals surface area contributed by atoms with Gasteiger partial charge in [-0.25, -0.2) is 4.98 Å². The molecule has 0 amide bonds. The molecule has 18 heavy (non-hydrogen) atoms. The molecule has 3 nitrogen and oxygen atoms in total. The van der Waals surface area contributed by atoms with Gasteiger partial charge in [-0.3, -0.25) is 0 Å². The minimum absolute atomic E-state index is 0.524. The molecule has 104 valence electrons. The molecule has 1 N–H and O–H groups in total. The molecule has 1 unspecified atom stereocenters. The van der Waals surface area contributed by atoms with Crippen LogP contribution in [0.15, 0.2) is 12.5 Å². The van der Waals surface area contributed by atoms with E-state index in [2.05, 4.69) is 42.6 Å². The second kappa shape index (κ2) is 8.30. The Bertz CT molecular complexity index is 317. The van der Waals surface area contributed by atoms with E-state index in [9.17, 15) is 0 Å². The van der Waals surface area contributed by atoms with Crippen LogP contribution >= 0.6 is 0 Å². The van der Waals surface area contributed by atoms with Crippen LogP contribution in [0.4, 0.5) is 0 Å². The van der Waals surface area contributed by atoms with Crippen molar-refractivity contribution >= 4 is 0 Å². The van der Waals surface area contributed by atoms with Gasteiger partial charge in [0, 0.05) is 25.3 Å². The molecule has 0 aliphatic heterocycles. The first-order valence-electron chi connectivity index (χ1n) is 7.39. The summed E-state index contributed by atoms with van der Waals surface area (Å²) in [5.74, 6) is 0.789. The molecule has 0 saturated carbocycles. The summed E-state index contributed by atoms with van der Waals surface area (Å²) in [5, 5.41) is 3.46. The molecule has 0 aliphatic carbocycles. The van der Waals surface area contributed by atoms with Crippen LogP contribution in [0.25, 0.3) is 0 Å². The average molecular weight is 251 g/mol. The van der Waals surface area contributed by atoms with Crippen LogP contribution in [-0.4, -0.2) is 15.6 Å². The molecule has 0 aromatic carbocycles. The Morgan fingerprint density at radius 3 is 2.72 bits per heavy atom. The fourth-order valence-corrected chi connectivity index (χ4v) is 2.16. The normalized spacial score (nSPS) is 13.2. The van der Waals surface area contributed by atoms with Crippen molar-refractivity contribution in [1.82, 2.24) is 14.9 Å². The zero-order chi connectivity index (χ0) is 13.4. The summed E-state index contributed by atoms with van der Waals surface area (Å²) in [6.45, 7) is 11.0. The number of nitrogens with zero attached hydrogens (tertiary/aromatic N) is 2. The molecule has 0 saturated heterocycles. The lowest BCUT2D eigenvalue weighted by atomic mass is 9.99. The van der Waals surface area contributed by atoms with Crippen LogP contribution < -0.4 is 5.32 Å². The van der Waals surface area contributed by atoms with Gasteiger partial charge in [0.2, 0.25) is 0 Å². The first kappa shape index (κ1) is 15.2. The summed E-state index contributed by atoms with van der Waals surface area (Å²) in [7, 11) is 0. The lowest BCUT2D eigenvalue weighted by Gasteiger charge is -2.17. The fraction of sp³-hybridized carbons (Fsp3) is 0.800. The van der Waals surface area contributed by atoms with Crippen molar-refractivity contribution in [1.29, 1.82) is 0 Å². The third kappa shape index (κ3) is 5.21. The minimum Gasteiger partial charge on any atom is -0.333 e. The summed E-state index contributed by atoms with van der Waals surface area (Å²) in [6, 6.07) is 0.524. The number of nitrogens with one attached hydrogen (secondary N) is 1. The van der Waals surface area contributed by atoms with E-state index in [0.29, 0.717) is 6.04 Å². The van der Waals surface area contributed by atoms with E-state index < -0.39 is 0 Å². The third-order valence-corrected chi connectivity index (χ3v) is 3.49. The van der Waals surface area contributed by atoms with Crippen molar-refractivity contribution in [3.63, 3.8) is 0 Å². The molecule has 1 heterocycles. The van der Waals surface area contributed by atoms with Gasteiger partial charge in [-0.2, -0.15) is 0 Å². The summed E-state index contributed by atoms with van der Waals surface area (Å²) in [5.41, 5.74) is 1.30. The lowest BCUT2D eigenvalue weighted by molar-refractivity contribution is 0.382. The molecule has 0 aliphatic rings. The number of imidazole rings is 1. The first-order chi connectivity index (χ1) is 8.67. The van der Waals surface area contributed by atoms with E-state index in [4.69, 9.17) is 0 Å². The maximum atomic E-state index is 4.29. The molecular formula is C15H29N3. The van der Waals surface area contributed by atoms with Crippen LogP contribution in [0.5, 0.6) is 0 Å². The van der Waals surface area contributed by atoms with Gasteiger partial charge < -0.3 is 9.88 Å². The molecule has 0 bridgehead atoms. The first-order valence-corrected chi connectivity index (χ1v) is 7.39. The van der Waals surface area contributed by atoms with Crippen molar-refractivity contribution in [2.75, 3.05) is 0 Å². The van der Waals surface area contributed by atoms with Crippen LogP contribution in [-0.2, 0) is 13.1 Å². The fourth-order valence-electron chi connectivity index (χ4n) is 2.16. The summed E-state index contributed by atoms with van der Waals surface area (Å²) < 4.78 is 2.32. The highest BCUT2D eigenvalue weighted by Gasteiger charge is 2.09.